The quantitative estimate of drug-likeness (QED) is 0.177. The first kappa shape index (κ1) is 29.8. The lowest BCUT2D eigenvalue weighted by atomic mass is 10.1. The molecule has 4 aromatic rings. The van der Waals surface area contributed by atoms with Gasteiger partial charge in [-0.2, -0.15) is 0 Å². The molecule has 0 spiro atoms. The van der Waals surface area contributed by atoms with Crippen molar-refractivity contribution in [2.24, 2.45) is 0 Å². The van der Waals surface area contributed by atoms with E-state index in [1.165, 1.54) is 0 Å². The predicted molar refractivity (Wildman–Crippen MR) is 160 cm³/mol. The summed E-state index contributed by atoms with van der Waals surface area (Å²) in [6.07, 6.45) is 1.10. The molecule has 4 aromatic carbocycles. The molecule has 9 heteroatoms. The van der Waals surface area contributed by atoms with Gasteiger partial charge in [0.1, 0.15) is 11.5 Å². The van der Waals surface area contributed by atoms with Gasteiger partial charge < -0.3 is 24.8 Å². The van der Waals surface area contributed by atoms with E-state index in [9.17, 15) is 19.2 Å². The molecule has 0 heterocycles. The summed E-state index contributed by atoms with van der Waals surface area (Å²) in [4.78, 5) is 48.3. The summed E-state index contributed by atoms with van der Waals surface area (Å²) in [5, 5.41) is 7.48. The number of nitrogens with one attached hydrogen (secondary N) is 2. The zero-order valence-electron chi connectivity index (χ0n) is 23.3. The van der Waals surface area contributed by atoms with Crippen molar-refractivity contribution in [1.29, 1.82) is 0 Å². The maximum Gasteiger partial charge on any atom is 0.338 e. The SMILES string of the molecule is CCCOC(=O)c1ccc(NC(=O)COC(=O)CCCC(=O)Nc2ccc(Oc3cccc4ccccc34)cc2)cc1. The van der Waals surface area contributed by atoms with Gasteiger partial charge >= 0.3 is 11.9 Å². The van der Waals surface area contributed by atoms with Crippen LogP contribution >= 0.6 is 0 Å². The number of carbonyl (C=O) groups is 4. The zero-order chi connectivity index (χ0) is 29.7. The van der Waals surface area contributed by atoms with Crippen molar-refractivity contribution in [3.63, 3.8) is 0 Å². The minimum Gasteiger partial charge on any atom is -0.462 e. The maximum atomic E-state index is 12.3. The molecule has 0 aromatic heterocycles. The van der Waals surface area contributed by atoms with Crippen molar-refractivity contribution in [2.75, 3.05) is 23.8 Å². The first-order valence-corrected chi connectivity index (χ1v) is 13.7. The molecule has 4 rings (SSSR count). The second-order valence-electron chi connectivity index (χ2n) is 9.43. The Labute approximate surface area is 243 Å². The third-order valence-corrected chi connectivity index (χ3v) is 6.11. The smallest absolute Gasteiger partial charge is 0.338 e. The normalized spacial score (nSPS) is 10.5. The van der Waals surface area contributed by atoms with Gasteiger partial charge in [-0.15, -0.1) is 0 Å². The molecule has 216 valence electrons. The molecule has 0 aliphatic rings. The molecule has 0 radical (unpaired) electrons. The highest BCUT2D eigenvalue weighted by atomic mass is 16.5. The van der Waals surface area contributed by atoms with Gasteiger partial charge in [-0.25, -0.2) is 4.79 Å². The summed E-state index contributed by atoms with van der Waals surface area (Å²) in [6.45, 7) is 1.78. The van der Waals surface area contributed by atoms with Gasteiger partial charge in [0, 0.05) is 29.6 Å². The largest absolute Gasteiger partial charge is 0.462 e. The number of esters is 2. The molecule has 0 bridgehead atoms. The van der Waals surface area contributed by atoms with Gasteiger partial charge in [-0.05, 0) is 72.8 Å². The second-order valence-corrected chi connectivity index (χ2v) is 9.43. The molecule has 0 aliphatic carbocycles. The third-order valence-electron chi connectivity index (χ3n) is 6.11. The van der Waals surface area contributed by atoms with Crippen LogP contribution in [0.2, 0.25) is 0 Å². The highest BCUT2D eigenvalue weighted by molar-refractivity contribution is 5.94. The molecular formula is C33H32N2O7. The van der Waals surface area contributed by atoms with Crippen molar-refractivity contribution in [3.05, 3.63) is 96.6 Å². The standard InChI is InChI=1S/C33H32N2O7/c1-2-21-40-33(39)24-13-15-25(16-14-24)35-31(37)22-41-32(38)12-6-11-30(36)34-26-17-19-27(20-18-26)42-29-10-5-8-23-7-3-4-9-28(23)29/h3-5,7-10,13-20H,2,6,11-12,21-22H2,1H3,(H,34,36)(H,35,37). The van der Waals surface area contributed by atoms with Crippen LogP contribution in [-0.4, -0.2) is 37.0 Å². The predicted octanol–water partition coefficient (Wildman–Crippen LogP) is 6.49. The Morgan fingerprint density at radius 2 is 1.36 bits per heavy atom. The first-order valence-electron chi connectivity index (χ1n) is 13.7. The summed E-state index contributed by atoms with van der Waals surface area (Å²) in [5.74, 6) is -0.394. The van der Waals surface area contributed by atoms with E-state index in [2.05, 4.69) is 10.6 Å². The third kappa shape index (κ3) is 8.92. The van der Waals surface area contributed by atoms with E-state index < -0.39 is 24.5 Å². The molecule has 0 saturated heterocycles. The highest BCUT2D eigenvalue weighted by Gasteiger charge is 2.11. The lowest BCUT2D eigenvalue weighted by molar-refractivity contribution is -0.147. The van der Waals surface area contributed by atoms with E-state index in [4.69, 9.17) is 14.2 Å². The van der Waals surface area contributed by atoms with Gasteiger partial charge in [-0.3, -0.25) is 14.4 Å². The van der Waals surface area contributed by atoms with Crippen LogP contribution in [0.4, 0.5) is 11.4 Å². The number of carbonyl (C=O) groups excluding carboxylic acids is 4. The van der Waals surface area contributed by atoms with Crippen LogP contribution in [0.25, 0.3) is 10.8 Å². The fourth-order valence-corrected chi connectivity index (χ4v) is 4.02. The highest BCUT2D eigenvalue weighted by Crippen LogP contribution is 2.30. The van der Waals surface area contributed by atoms with Crippen LogP contribution in [0.1, 0.15) is 43.0 Å². The van der Waals surface area contributed by atoms with E-state index >= 15 is 0 Å². The molecule has 42 heavy (non-hydrogen) atoms. The average molecular weight is 569 g/mol. The number of ether oxygens (including phenoxy) is 3. The minimum atomic E-state index is -0.582. The average Bonchev–Trinajstić information content (AvgIpc) is 3.00. The fraction of sp³-hybridized carbons (Fsp3) is 0.212. The van der Waals surface area contributed by atoms with Crippen molar-refractivity contribution >= 4 is 45.9 Å². The van der Waals surface area contributed by atoms with Crippen LogP contribution < -0.4 is 15.4 Å². The number of amides is 2. The van der Waals surface area contributed by atoms with Crippen LogP contribution in [0.3, 0.4) is 0 Å². The van der Waals surface area contributed by atoms with Crippen LogP contribution in [0, 0.1) is 0 Å². The monoisotopic (exact) mass is 568 g/mol. The van der Waals surface area contributed by atoms with E-state index in [0.29, 0.717) is 29.3 Å². The Morgan fingerprint density at radius 1 is 0.690 bits per heavy atom. The summed E-state index contributed by atoms with van der Waals surface area (Å²) >= 11 is 0. The van der Waals surface area contributed by atoms with E-state index in [-0.39, 0.29) is 25.2 Å². The van der Waals surface area contributed by atoms with Crippen LogP contribution in [-0.2, 0) is 23.9 Å². The number of hydrogen-bond acceptors (Lipinski definition) is 7. The molecule has 0 saturated carbocycles. The Bertz CT molecular complexity index is 1530. The molecular weight excluding hydrogens is 536 g/mol. The topological polar surface area (TPSA) is 120 Å². The molecule has 0 fully saturated rings. The number of benzene rings is 4. The zero-order valence-corrected chi connectivity index (χ0v) is 23.3. The van der Waals surface area contributed by atoms with Gasteiger partial charge in [-0.1, -0.05) is 43.3 Å². The Morgan fingerprint density at radius 3 is 2.10 bits per heavy atom. The first-order chi connectivity index (χ1) is 20.4. The summed E-state index contributed by atoms with van der Waals surface area (Å²) in [7, 11) is 0. The Balaban J connectivity index is 1.13. The van der Waals surface area contributed by atoms with E-state index in [0.717, 1.165) is 22.9 Å². The fourth-order valence-electron chi connectivity index (χ4n) is 4.02. The van der Waals surface area contributed by atoms with Crippen LogP contribution in [0.5, 0.6) is 11.5 Å². The summed E-state index contributed by atoms with van der Waals surface area (Å²) < 4.78 is 16.1. The molecule has 0 aliphatic heterocycles. The van der Waals surface area contributed by atoms with Crippen molar-refractivity contribution in [2.45, 2.75) is 32.6 Å². The van der Waals surface area contributed by atoms with E-state index in [1.807, 2.05) is 49.4 Å². The molecule has 2 amide bonds. The summed E-state index contributed by atoms with van der Waals surface area (Å²) in [5.41, 5.74) is 1.43. The number of rotatable bonds is 13. The van der Waals surface area contributed by atoms with E-state index in [1.54, 1.807) is 48.5 Å². The number of anilines is 2. The molecule has 2 N–H and O–H groups in total. The summed E-state index contributed by atoms with van der Waals surface area (Å²) in [6, 6.07) is 27.1. The lowest BCUT2D eigenvalue weighted by Crippen LogP contribution is -2.21. The minimum absolute atomic E-state index is 0.00687. The number of fused-ring (bicyclic) bond motifs is 1. The van der Waals surface area contributed by atoms with Gasteiger partial charge in [0.15, 0.2) is 6.61 Å². The molecule has 0 unspecified atom stereocenters. The Kier molecular flexibility index (Phi) is 10.6. The maximum absolute atomic E-state index is 12.3. The number of hydrogen-bond donors (Lipinski definition) is 2. The van der Waals surface area contributed by atoms with Crippen molar-refractivity contribution < 1.29 is 33.4 Å². The lowest BCUT2D eigenvalue weighted by Gasteiger charge is -2.10. The van der Waals surface area contributed by atoms with Gasteiger partial charge in [0.2, 0.25) is 5.91 Å². The van der Waals surface area contributed by atoms with Crippen molar-refractivity contribution in [1.82, 2.24) is 0 Å². The van der Waals surface area contributed by atoms with Gasteiger partial charge in [0.25, 0.3) is 5.91 Å². The molecule has 9 nitrogen and oxygen atoms in total. The second kappa shape index (κ2) is 15.0. The Hall–Kier alpha value is -5.18. The molecule has 0 atom stereocenters. The van der Waals surface area contributed by atoms with Crippen molar-refractivity contribution in [3.8, 4) is 11.5 Å². The van der Waals surface area contributed by atoms with Crippen LogP contribution in [0.15, 0.2) is 91.0 Å². The van der Waals surface area contributed by atoms with Gasteiger partial charge in [0.05, 0.1) is 12.2 Å².